The molecule has 1 aliphatic heterocycles. The molecule has 5 nitrogen and oxygen atoms in total. The highest BCUT2D eigenvalue weighted by Gasteiger charge is 2.24. The fourth-order valence-corrected chi connectivity index (χ4v) is 2.93. The molecule has 0 aromatic heterocycles. The summed E-state index contributed by atoms with van der Waals surface area (Å²) < 4.78 is 10.9. The number of nitrogens with one attached hydrogen (secondary N) is 1. The molecule has 1 aromatic rings. The number of hydrogen-bond donors (Lipinski definition) is 1. The molecule has 0 spiro atoms. The summed E-state index contributed by atoms with van der Waals surface area (Å²) in [5, 5.41) is 2.70. The molecule has 5 heteroatoms. The van der Waals surface area contributed by atoms with Gasteiger partial charge < -0.3 is 14.8 Å². The lowest BCUT2D eigenvalue weighted by molar-refractivity contribution is -0.121. The monoisotopic (exact) mass is 306 g/mol. The minimum Gasteiger partial charge on any atom is -0.493 e. The van der Waals surface area contributed by atoms with Crippen molar-refractivity contribution in [2.75, 3.05) is 33.9 Å². The van der Waals surface area contributed by atoms with Crippen LogP contribution >= 0.6 is 0 Å². The van der Waals surface area contributed by atoms with Crippen LogP contribution in [0.25, 0.3) is 0 Å². The molecule has 2 rings (SSSR count). The summed E-state index contributed by atoms with van der Waals surface area (Å²) in [5.41, 5.74) is 1.21. The lowest BCUT2D eigenvalue weighted by atomic mass is 10.0. The number of methoxy groups -OCH3 is 1. The van der Waals surface area contributed by atoms with Crippen LogP contribution in [0, 0.1) is 5.92 Å². The van der Waals surface area contributed by atoms with Crippen molar-refractivity contribution in [3.05, 3.63) is 23.8 Å². The number of rotatable bonds is 7. The van der Waals surface area contributed by atoms with E-state index in [0.29, 0.717) is 18.9 Å². The van der Waals surface area contributed by atoms with Crippen molar-refractivity contribution in [3.63, 3.8) is 0 Å². The van der Waals surface area contributed by atoms with Gasteiger partial charge in [-0.3, -0.25) is 9.69 Å². The van der Waals surface area contributed by atoms with E-state index >= 15 is 0 Å². The molecule has 1 heterocycles. The molecule has 1 aromatic carbocycles. The second-order valence-corrected chi connectivity index (χ2v) is 5.69. The van der Waals surface area contributed by atoms with Crippen LogP contribution in [-0.2, 0) is 11.3 Å². The summed E-state index contributed by atoms with van der Waals surface area (Å²) in [6.07, 6.45) is 1.71. The Bertz CT molecular complexity index is 505. The Labute approximate surface area is 132 Å². The Kier molecular flexibility index (Phi) is 6.07. The summed E-state index contributed by atoms with van der Waals surface area (Å²) in [7, 11) is 3.36. The SMILES string of the molecule is CCOc1ccc(CN2CC[C@H](CC(=O)NC)C2)cc1OC. The van der Waals surface area contributed by atoms with Crippen molar-refractivity contribution in [3.8, 4) is 11.5 Å². The van der Waals surface area contributed by atoms with E-state index in [1.54, 1.807) is 14.2 Å². The van der Waals surface area contributed by atoms with Crippen LogP contribution in [0.1, 0.15) is 25.3 Å². The normalized spacial score (nSPS) is 18.2. The van der Waals surface area contributed by atoms with Crippen LogP contribution in [0.3, 0.4) is 0 Å². The van der Waals surface area contributed by atoms with Gasteiger partial charge in [-0.2, -0.15) is 0 Å². The summed E-state index contributed by atoms with van der Waals surface area (Å²) in [6.45, 7) is 5.49. The molecule has 22 heavy (non-hydrogen) atoms. The van der Waals surface area contributed by atoms with Crippen molar-refractivity contribution in [1.29, 1.82) is 0 Å². The Balaban J connectivity index is 1.93. The minimum absolute atomic E-state index is 0.134. The van der Waals surface area contributed by atoms with E-state index in [0.717, 1.165) is 37.6 Å². The van der Waals surface area contributed by atoms with E-state index in [9.17, 15) is 4.79 Å². The van der Waals surface area contributed by atoms with E-state index in [1.807, 2.05) is 19.1 Å². The number of carbonyl (C=O) groups excluding carboxylic acids is 1. The van der Waals surface area contributed by atoms with Crippen molar-refractivity contribution in [2.24, 2.45) is 5.92 Å². The molecular formula is C17H26N2O3. The van der Waals surface area contributed by atoms with E-state index < -0.39 is 0 Å². The second-order valence-electron chi connectivity index (χ2n) is 5.69. The van der Waals surface area contributed by atoms with Gasteiger partial charge in [0.25, 0.3) is 0 Å². The van der Waals surface area contributed by atoms with Crippen LogP contribution in [0.5, 0.6) is 11.5 Å². The largest absolute Gasteiger partial charge is 0.493 e. The molecule has 0 radical (unpaired) electrons. The lowest BCUT2D eigenvalue weighted by Gasteiger charge is -2.17. The highest BCUT2D eigenvalue weighted by Crippen LogP contribution is 2.29. The summed E-state index contributed by atoms with van der Waals surface area (Å²) in [5.74, 6) is 2.16. The first kappa shape index (κ1) is 16.6. The maximum atomic E-state index is 11.5. The number of benzene rings is 1. The smallest absolute Gasteiger partial charge is 0.220 e. The zero-order chi connectivity index (χ0) is 15.9. The van der Waals surface area contributed by atoms with Crippen LogP contribution in [0.4, 0.5) is 0 Å². The van der Waals surface area contributed by atoms with Crippen LogP contribution in [0.2, 0.25) is 0 Å². The molecule has 0 unspecified atom stereocenters. The quantitative estimate of drug-likeness (QED) is 0.838. The average Bonchev–Trinajstić information content (AvgIpc) is 2.95. The van der Waals surface area contributed by atoms with Gasteiger partial charge in [0.15, 0.2) is 11.5 Å². The maximum absolute atomic E-state index is 11.5. The summed E-state index contributed by atoms with van der Waals surface area (Å²) >= 11 is 0. The van der Waals surface area contributed by atoms with E-state index in [1.165, 1.54) is 5.56 Å². The summed E-state index contributed by atoms with van der Waals surface area (Å²) in [6, 6.07) is 6.09. The zero-order valence-corrected chi connectivity index (χ0v) is 13.7. The van der Waals surface area contributed by atoms with Crippen LogP contribution in [-0.4, -0.2) is 44.7 Å². The fourth-order valence-electron chi connectivity index (χ4n) is 2.93. The topological polar surface area (TPSA) is 50.8 Å². The highest BCUT2D eigenvalue weighted by molar-refractivity contribution is 5.75. The van der Waals surface area contributed by atoms with Crippen LogP contribution in [0.15, 0.2) is 18.2 Å². The first-order valence-corrected chi connectivity index (χ1v) is 7.88. The standard InChI is InChI=1S/C17H26N2O3/c1-4-22-15-6-5-13(9-16(15)21-3)11-19-8-7-14(12-19)10-17(20)18-2/h5-6,9,14H,4,7-8,10-12H2,1-3H3,(H,18,20)/t14-/m1/s1. The number of nitrogens with zero attached hydrogens (tertiary/aromatic N) is 1. The Morgan fingerprint density at radius 1 is 1.41 bits per heavy atom. The van der Waals surface area contributed by atoms with Gasteiger partial charge in [0.05, 0.1) is 13.7 Å². The predicted molar refractivity (Wildman–Crippen MR) is 86.2 cm³/mol. The van der Waals surface area contributed by atoms with E-state index in [2.05, 4.69) is 16.3 Å². The third-order valence-electron chi connectivity index (χ3n) is 4.06. The van der Waals surface area contributed by atoms with Crippen molar-refractivity contribution in [1.82, 2.24) is 10.2 Å². The first-order valence-electron chi connectivity index (χ1n) is 7.88. The minimum atomic E-state index is 0.134. The van der Waals surface area contributed by atoms with Gasteiger partial charge in [-0.15, -0.1) is 0 Å². The van der Waals surface area contributed by atoms with E-state index in [-0.39, 0.29) is 5.91 Å². The molecule has 0 saturated carbocycles. The summed E-state index contributed by atoms with van der Waals surface area (Å²) in [4.78, 5) is 13.8. The molecule has 1 fully saturated rings. The Hall–Kier alpha value is -1.75. The molecular weight excluding hydrogens is 280 g/mol. The van der Waals surface area contributed by atoms with Gasteiger partial charge in [-0.1, -0.05) is 6.07 Å². The Morgan fingerprint density at radius 3 is 2.91 bits per heavy atom. The molecule has 0 bridgehead atoms. The second kappa shape index (κ2) is 8.03. The number of carbonyl (C=O) groups is 1. The zero-order valence-electron chi connectivity index (χ0n) is 13.7. The van der Waals surface area contributed by atoms with Crippen molar-refractivity contribution in [2.45, 2.75) is 26.3 Å². The first-order chi connectivity index (χ1) is 10.7. The Morgan fingerprint density at radius 2 is 2.23 bits per heavy atom. The third kappa shape index (κ3) is 4.37. The van der Waals surface area contributed by atoms with Gasteiger partial charge in [0, 0.05) is 26.6 Å². The third-order valence-corrected chi connectivity index (χ3v) is 4.06. The van der Waals surface area contributed by atoms with E-state index in [4.69, 9.17) is 9.47 Å². The number of hydrogen-bond acceptors (Lipinski definition) is 4. The maximum Gasteiger partial charge on any atom is 0.220 e. The van der Waals surface area contributed by atoms with Gasteiger partial charge in [0.1, 0.15) is 0 Å². The molecule has 122 valence electrons. The lowest BCUT2D eigenvalue weighted by Crippen LogP contribution is -2.24. The molecule has 1 atom stereocenters. The molecule has 1 N–H and O–H groups in total. The molecule has 1 aliphatic rings. The number of amides is 1. The molecule has 1 saturated heterocycles. The number of ether oxygens (including phenoxy) is 2. The molecule has 0 aliphatic carbocycles. The number of likely N-dealkylation sites (tertiary alicyclic amines) is 1. The van der Waals surface area contributed by atoms with Crippen LogP contribution < -0.4 is 14.8 Å². The fraction of sp³-hybridized carbons (Fsp3) is 0.588. The van der Waals surface area contributed by atoms with Crippen molar-refractivity contribution >= 4 is 5.91 Å². The highest BCUT2D eigenvalue weighted by atomic mass is 16.5. The van der Waals surface area contributed by atoms with Gasteiger partial charge >= 0.3 is 0 Å². The van der Waals surface area contributed by atoms with Crippen molar-refractivity contribution < 1.29 is 14.3 Å². The van der Waals surface area contributed by atoms with Gasteiger partial charge in [0.2, 0.25) is 5.91 Å². The van der Waals surface area contributed by atoms with Gasteiger partial charge in [-0.25, -0.2) is 0 Å². The molecule has 1 amide bonds. The average molecular weight is 306 g/mol. The van der Waals surface area contributed by atoms with Gasteiger partial charge in [-0.05, 0) is 43.5 Å². The predicted octanol–water partition coefficient (Wildman–Crippen LogP) is 2.05.